The first-order chi connectivity index (χ1) is 36.5. The van der Waals surface area contributed by atoms with Crippen molar-refractivity contribution in [3.05, 3.63) is 99.8 Å². The number of carbonyl (C=O) groups excluding carboxylic acids is 4. The van der Waals surface area contributed by atoms with Crippen molar-refractivity contribution < 1.29 is 37.4 Å². The molecule has 5 N–H and O–H groups in total. The highest BCUT2D eigenvalue weighted by molar-refractivity contribution is 7.92. The van der Waals surface area contributed by atoms with E-state index in [1.54, 1.807) is 61.5 Å². The topological polar surface area (TPSA) is 225 Å². The number of para-hydroxylation sites is 1. The lowest BCUT2D eigenvalue weighted by Gasteiger charge is -2.35. The molecule has 1 saturated heterocycles. The molecule has 3 heterocycles. The molecular weight excluding hydrogens is 1040 g/mol. The molecule has 6 rings (SSSR count). The monoisotopic (exact) mass is 1110 g/mol. The van der Waals surface area contributed by atoms with Gasteiger partial charge in [0.15, 0.2) is 15.7 Å². The summed E-state index contributed by atoms with van der Waals surface area (Å²) in [4.78, 5) is 71.9. The van der Waals surface area contributed by atoms with Crippen molar-refractivity contribution in [1.29, 1.82) is 0 Å². The van der Waals surface area contributed by atoms with Gasteiger partial charge in [0.05, 0.1) is 63.1 Å². The molecule has 416 valence electrons. The summed E-state index contributed by atoms with van der Waals surface area (Å²) in [7, 11) is -0.217. The quantitative estimate of drug-likeness (QED) is 0.0344. The predicted molar refractivity (Wildman–Crippen MR) is 305 cm³/mol. The van der Waals surface area contributed by atoms with E-state index < -0.39 is 44.6 Å². The van der Waals surface area contributed by atoms with Gasteiger partial charge in [-0.1, -0.05) is 94.5 Å². The molecule has 20 heteroatoms. The van der Waals surface area contributed by atoms with E-state index in [1.165, 1.54) is 11.1 Å². The zero-order valence-corrected chi connectivity index (χ0v) is 48.4. The smallest absolute Gasteiger partial charge is 0.246 e. The van der Waals surface area contributed by atoms with Crippen molar-refractivity contribution in [3.63, 3.8) is 0 Å². The zero-order valence-electron chi connectivity index (χ0n) is 46.0. The SMILES string of the molecule is COc1cc(CCN(C)C(=O)CCCCCCCCC(=O)N[C@H](C(=O)N2C[C@H](O)C[C@H]2C(=O)N[C@@H](C)c2ccc(-c3scnc3C)cc2)C(C)(C)C)c(C)cc1Nc1ncc(Cl)c(Nc2ccccc2S(=O)(=O)C(C)C)n1. The Morgan fingerprint density at radius 3 is 2.23 bits per heavy atom. The molecule has 4 atom stereocenters. The molecule has 77 heavy (non-hydrogen) atoms. The van der Waals surface area contributed by atoms with Crippen LogP contribution in [0.15, 0.2) is 77.3 Å². The number of aromatic nitrogens is 3. The van der Waals surface area contributed by atoms with Crippen LogP contribution in [0.4, 0.5) is 23.1 Å². The summed E-state index contributed by atoms with van der Waals surface area (Å²) < 4.78 is 31.8. The normalized spacial score (nSPS) is 15.5. The second kappa shape index (κ2) is 26.9. The van der Waals surface area contributed by atoms with Gasteiger partial charge in [-0.3, -0.25) is 19.2 Å². The first-order valence-electron chi connectivity index (χ1n) is 26.4. The number of halogens is 1. The van der Waals surface area contributed by atoms with Gasteiger partial charge in [0.2, 0.25) is 29.6 Å². The Hall–Kier alpha value is -6.15. The van der Waals surface area contributed by atoms with E-state index in [9.17, 15) is 32.7 Å². The molecule has 0 aliphatic carbocycles. The molecule has 3 aromatic carbocycles. The third-order valence-corrected chi connectivity index (χ3v) is 17.4. The average Bonchev–Trinajstić information content (AvgIpc) is 4.02. The molecular formula is C57H76ClN9O8S2. The maximum atomic E-state index is 14.1. The van der Waals surface area contributed by atoms with Gasteiger partial charge in [0.25, 0.3) is 0 Å². The highest BCUT2D eigenvalue weighted by atomic mass is 35.5. The number of carbonyl (C=O) groups is 4. The van der Waals surface area contributed by atoms with Crippen LogP contribution in [-0.2, 0) is 35.4 Å². The predicted octanol–water partition coefficient (Wildman–Crippen LogP) is 10.0. The van der Waals surface area contributed by atoms with Crippen molar-refractivity contribution in [3.8, 4) is 16.2 Å². The number of nitrogens with one attached hydrogen (secondary N) is 4. The molecule has 0 saturated carbocycles. The molecule has 5 aromatic rings. The van der Waals surface area contributed by atoms with Gasteiger partial charge < -0.3 is 40.9 Å². The average molecular weight is 1110 g/mol. The van der Waals surface area contributed by atoms with Gasteiger partial charge >= 0.3 is 0 Å². The number of benzene rings is 3. The Morgan fingerprint density at radius 1 is 0.909 bits per heavy atom. The van der Waals surface area contributed by atoms with Crippen molar-refractivity contribution in [2.75, 3.05) is 37.9 Å². The highest BCUT2D eigenvalue weighted by Gasteiger charge is 2.44. The van der Waals surface area contributed by atoms with Crippen LogP contribution < -0.4 is 26.0 Å². The number of hydrogen-bond donors (Lipinski definition) is 5. The van der Waals surface area contributed by atoms with Crippen LogP contribution in [0.1, 0.15) is 128 Å². The lowest BCUT2D eigenvalue weighted by atomic mass is 9.85. The Bertz CT molecular complexity index is 2960. The largest absolute Gasteiger partial charge is 0.495 e. The zero-order chi connectivity index (χ0) is 56.2. The minimum absolute atomic E-state index is 0.00288. The molecule has 0 bridgehead atoms. The molecule has 0 unspecified atom stereocenters. The van der Waals surface area contributed by atoms with Gasteiger partial charge in [-0.05, 0) is 106 Å². The number of ether oxygens (including phenoxy) is 1. The number of nitrogens with zero attached hydrogens (tertiary/aromatic N) is 5. The summed E-state index contributed by atoms with van der Waals surface area (Å²) in [6, 6.07) is 16.3. The first-order valence-corrected chi connectivity index (χ1v) is 29.2. The number of anilines is 4. The van der Waals surface area contributed by atoms with Gasteiger partial charge in [-0.25, -0.2) is 18.4 Å². The van der Waals surface area contributed by atoms with E-state index in [0.29, 0.717) is 42.9 Å². The van der Waals surface area contributed by atoms with E-state index in [4.69, 9.17) is 16.3 Å². The van der Waals surface area contributed by atoms with Crippen LogP contribution >= 0.6 is 22.9 Å². The molecule has 0 radical (unpaired) electrons. The number of sulfone groups is 1. The number of hydrogen-bond acceptors (Lipinski definition) is 14. The summed E-state index contributed by atoms with van der Waals surface area (Å²) >= 11 is 8.04. The molecule has 2 aromatic heterocycles. The van der Waals surface area contributed by atoms with Crippen molar-refractivity contribution in [2.45, 2.75) is 154 Å². The van der Waals surface area contributed by atoms with Gasteiger partial charge in [-0.2, -0.15) is 4.98 Å². The maximum absolute atomic E-state index is 14.1. The number of rotatable bonds is 25. The molecule has 1 fully saturated rings. The summed E-state index contributed by atoms with van der Waals surface area (Å²) in [5.41, 5.74) is 7.02. The van der Waals surface area contributed by atoms with Crippen molar-refractivity contribution >= 4 is 79.5 Å². The van der Waals surface area contributed by atoms with Gasteiger partial charge in [0, 0.05) is 39.4 Å². The summed E-state index contributed by atoms with van der Waals surface area (Å²) in [6.07, 6.45) is 6.90. The van der Waals surface area contributed by atoms with E-state index in [1.807, 2.05) is 90.5 Å². The summed E-state index contributed by atoms with van der Waals surface area (Å²) in [6.45, 7) is 15.2. The van der Waals surface area contributed by atoms with Crippen LogP contribution in [0.2, 0.25) is 5.02 Å². The Balaban J connectivity index is 0.900. The molecule has 1 aliphatic heterocycles. The maximum Gasteiger partial charge on any atom is 0.246 e. The first kappa shape index (κ1) is 60.1. The van der Waals surface area contributed by atoms with Crippen LogP contribution in [0.5, 0.6) is 5.75 Å². The molecule has 17 nitrogen and oxygen atoms in total. The van der Waals surface area contributed by atoms with Gasteiger partial charge in [-0.15, -0.1) is 11.3 Å². The second-order valence-corrected chi connectivity index (χ2v) is 25.0. The lowest BCUT2D eigenvalue weighted by molar-refractivity contribution is -0.144. The van der Waals surface area contributed by atoms with Crippen molar-refractivity contribution in [2.24, 2.45) is 5.41 Å². The van der Waals surface area contributed by atoms with E-state index in [2.05, 4.69) is 36.2 Å². The van der Waals surface area contributed by atoms with E-state index in [-0.39, 0.29) is 64.8 Å². The fraction of sp³-hybridized carbons (Fsp3) is 0.491. The van der Waals surface area contributed by atoms with Crippen LogP contribution in [0.25, 0.3) is 10.4 Å². The number of likely N-dealkylation sites (tertiary alicyclic amines) is 1. The number of likely N-dealkylation sites (N-methyl/N-ethyl adjacent to an activating group) is 1. The third kappa shape index (κ3) is 16.0. The van der Waals surface area contributed by atoms with Crippen LogP contribution in [0.3, 0.4) is 0 Å². The number of aliphatic hydroxyl groups is 1. The number of unbranched alkanes of at least 4 members (excludes halogenated alkanes) is 5. The number of methoxy groups -OCH3 is 1. The number of aliphatic hydroxyl groups excluding tert-OH is 1. The Labute approximate surface area is 463 Å². The van der Waals surface area contributed by atoms with E-state index in [0.717, 1.165) is 64.9 Å². The van der Waals surface area contributed by atoms with Gasteiger partial charge in [0.1, 0.15) is 22.9 Å². The third-order valence-electron chi connectivity index (χ3n) is 14.0. The standard InChI is InChI=1S/C57H76ClN9O8S2/c1-35(2)77(73,74)48-20-18-17-19-44(48)62-53-43(58)32-59-56(65-53)63-45-29-36(3)41(30-47(45)75-10)27-28-66(9)50(70)22-16-14-12-11-13-15-21-49(69)64-52(57(6,7)8)55(72)67-33-42(68)31-46(67)54(71)61-37(4)39-23-25-40(26-24-39)51-38(5)60-34-76-51/h17-20,23-26,29-30,32,34-35,37,42,46,52,68H,11-16,21-22,27-28,31,33H2,1-10H3,(H,61,71)(H,64,69)(H2,59,62,63,65)/t37-,42+,46-,52+/m0/s1. The fourth-order valence-corrected chi connectivity index (χ4v) is 11.4. The summed E-state index contributed by atoms with van der Waals surface area (Å²) in [5, 5.41) is 22.5. The Morgan fingerprint density at radius 2 is 1.58 bits per heavy atom. The van der Waals surface area contributed by atoms with Crippen LogP contribution in [0, 0.1) is 19.3 Å². The molecule has 0 spiro atoms. The number of aryl methyl sites for hydroxylation is 2. The molecule has 1 aliphatic rings. The van der Waals surface area contributed by atoms with Crippen molar-refractivity contribution in [1.82, 2.24) is 35.4 Å². The summed E-state index contributed by atoms with van der Waals surface area (Å²) in [5.74, 6) is 0.0697. The number of thiazole rings is 1. The minimum Gasteiger partial charge on any atom is -0.495 e. The Kier molecular flexibility index (Phi) is 21.0. The highest BCUT2D eigenvalue weighted by Crippen LogP contribution is 2.35. The fourth-order valence-electron chi connectivity index (χ4n) is 9.22. The second-order valence-electron chi connectivity index (χ2n) is 21.3. The molecule has 4 amide bonds. The lowest BCUT2D eigenvalue weighted by Crippen LogP contribution is -2.57. The number of amides is 4. The number of β-amino-alcohol motifs (C(OH)–C–C–N with tert-alkyl or cyclic N) is 1. The van der Waals surface area contributed by atoms with E-state index >= 15 is 0 Å². The van der Waals surface area contributed by atoms with Crippen LogP contribution in [-0.4, -0.2) is 113 Å². The minimum atomic E-state index is -3.60.